The van der Waals surface area contributed by atoms with Crippen molar-refractivity contribution in [2.75, 3.05) is 26.2 Å². The van der Waals surface area contributed by atoms with Crippen LogP contribution in [0.4, 0.5) is 0 Å². The highest BCUT2D eigenvalue weighted by atomic mass is 32.1. The van der Waals surface area contributed by atoms with E-state index >= 15 is 0 Å². The number of piperidine rings is 1. The van der Waals surface area contributed by atoms with Crippen LogP contribution in [-0.4, -0.2) is 47.0 Å². The van der Waals surface area contributed by atoms with Gasteiger partial charge in [0.05, 0.1) is 11.2 Å². The highest BCUT2D eigenvalue weighted by Crippen LogP contribution is 2.21. The van der Waals surface area contributed by atoms with E-state index in [4.69, 9.17) is 0 Å². The Morgan fingerprint density at radius 2 is 2.12 bits per heavy atom. The Morgan fingerprint density at radius 1 is 1.24 bits per heavy atom. The zero-order chi connectivity index (χ0) is 11.5. The van der Waals surface area contributed by atoms with Gasteiger partial charge in [0.25, 0.3) is 0 Å². The van der Waals surface area contributed by atoms with Gasteiger partial charge in [-0.2, -0.15) is 0 Å². The lowest BCUT2D eigenvalue weighted by Crippen LogP contribution is -2.40. The van der Waals surface area contributed by atoms with Crippen LogP contribution in [0.5, 0.6) is 0 Å². The lowest BCUT2D eigenvalue weighted by atomic mass is 10.1. The Labute approximate surface area is 107 Å². The number of thiazole rings is 1. The fourth-order valence-electron chi connectivity index (χ4n) is 3.08. The van der Waals surface area contributed by atoms with E-state index in [0.717, 1.165) is 12.6 Å². The zero-order valence-corrected chi connectivity index (χ0v) is 11.2. The topological polar surface area (TPSA) is 19.4 Å². The van der Waals surface area contributed by atoms with Crippen molar-refractivity contribution < 1.29 is 0 Å². The summed E-state index contributed by atoms with van der Waals surface area (Å²) in [6.07, 6.45) is 5.60. The summed E-state index contributed by atoms with van der Waals surface area (Å²) in [7, 11) is 0. The van der Waals surface area contributed by atoms with Crippen molar-refractivity contribution in [3.05, 3.63) is 16.6 Å². The Hall–Kier alpha value is -0.450. The van der Waals surface area contributed by atoms with Gasteiger partial charge in [-0.3, -0.25) is 9.80 Å². The van der Waals surface area contributed by atoms with E-state index in [0.29, 0.717) is 0 Å². The van der Waals surface area contributed by atoms with Gasteiger partial charge in [0.15, 0.2) is 0 Å². The van der Waals surface area contributed by atoms with Gasteiger partial charge in [-0.1, -0.05) is 6.42 Å². The molecule has 4 heteroatoms. The molecule has 17 heavy (non-hydrogen) atoms. The van der Waals surface area contributed by atoms with Crippen molar-refractivity contribution in [3.8, 4) is 0 Å². The summed E-state index contributed by atoms with van der Waals surface area (Å²) in [6.45, 7) is 6.20. The van der Waals surface area contributed by atoms with Gasteiger partial charge in [-0.15, -0.1) is 11.3 Å². The molecule has 0 aliphatic carbocycles. The minimum absolute atomic E-state index is 0.814. The molecule has 1 unspecified atom stereocenters. The number of hydrogen-bond donors (Lipinski definition) is 0. The number of rotatable bonds is 3. The number of likely N-dealkylation sites (tertiary alicyclic amines) is 2. The maximum absolute atomic E-state index is 4.38. The van der Waals surface area contributed by atoms with Crippen LogP contribution in [0.1, 0.15) is 31.4 Å². The molecule has 0 saturated carbocycles. The molecule has 1 aromatic rings. The fourth-order valence-corrected chi connectivity index (χ4v) is 3.63. The molecule has 3 nitrogen and oxygen atoms in total. The molecule has 3 heterocycles. The maximum atomic E-state index is 4.38. The van der Waals surface area contributed by atoms with Gasteiger partial charge in [0, 0.05) is 31.1 Å². The monoisotopic (exact) mass is 251 g/mol. The average Bonchev–Trinajstić information content (AvgIpc) is 3.02. The van der Waals surface area contributed by atoms with Crippen molar-refractivity contribution in [1.82, 2.24) is 14.8 Å². The standard InChI is InChI=1S/C13H21N3S/c1-2-5-16(6-3-1)13-4-7-15(9-13)8-12-10-17-11-14-12/h10-11,13H,1-9H2. The molecule has 2 fully saturated rings. The van der Waals surface area contributed by atoms with E-state index in [1.54, 1.807) is 11.3 Å². The first-order valence-corrected chi connectivity index (χ1v) is 7.69. The van der Waals surface area contributed by atoms with Crippen molar-refractivity contribution >= 4 is 11.3 Å². The third-order valence-corrected chi connectivity index (χ3v) is 4.66. The molecule has 3 rings (SSSR count). The summed E-state index contributed by atoms with van der Waals surface area (Å²) < 4.78 is 0. The molecule has 0 bridgehead atoms. The SMILES string of the molecule is c1nc(CN2CCC(N3CCCCC3)C2)cs1. The van der Waals surface area contributed by atoms with E-state index in [-0.39, 0.29) is 0 Å². The van der Waals surface area contributed by atoms with Crippen LogP contribution in [0.15, 0.2) is 10.9 Å². The second-order valence-corrected chi connectivity index (χ2v) is 5.97. The van der Waals surface area contributed by atoms with Crippen LogP contribution in [0, 0.1) is 0 Å². The molecule has 0 aromatic carbocycles. The summed E-state index contributed by atoms with van der Waals surface area (Å²) in [5.74, 6) is 0. The molecule has 0 N–H and O–H groups in total. The molecular formula is C13H21N3S. The summed E-state index contributed by atoms with van der Waals surface area (Å²) in [5, 5.41) is 2.17. The first-order valence-electron chi connectivity index (χ1n) is 6.75. The largest absolute Gasteiger partial charge is 0.299 e. The van der Waals surface area contributed by atoms with Gasteiger partial charge >= 0.3 is 0 Å². The van der Waals surface area contributed by atoms with Crippen LogP contribution in [0.2, 0.25) is 0 Å². The van der Waals surface area contributed by atoms with E-state index in [2.05, 4.69) is 20.2 Å². The lowest BCUT2D eigenvalue weighted by Gasteiger charge is -2.32. The highest BCUT2D eigenvalue weighted by Gasteiger charge is 2.28. The Kier molecular flexibility index (Phi) is 3.74. The second kappa shape index (κ2) is 5.46. The third kappa shape index (κ3) is 2.87. The third-order valence-electron chi connectivity index (χ3n) is 4.02. The quantitative estimate of drug-likeness (QED) is 0.821. The van der Waals surface area contributed by atoms with Crippen LogP contribution >= 0.6 is 11.3 Å². The molecule has 2 aliphatic heterocycles. The van der Waals surface area contributed by atoms with Crippen molar-refractivity contribution in [1.29, 1.82) is 0 Å². The van der Waals surface area contributed by atoms with Gasteiger partial charge < -0.3 is 0 Å². The Morgan fingerprint density at radius 3 is 2.88 bits per heavy atom. The molecule has 0 radical (unpaired) electrons. The van der Waals surface area contributed by atoms with Crippen LogP contribution in [0.25, 0.3) is 0 Å². The van der Waals surface area contributed by atoms with Crippen molar-refractivity contribution in [3.63, 3.8) is 0 Å². The summed E-state index contributed by atoms with van der Waals surface area (Å²) >= 11 is 1.70. The van der Waals surface area contributed by atoms with Gasteiger partial charge in [-0.05, 0) is 32.4 Å². The minimum Gasteiger partial charge on any atom is -0.299 e. The molecular weight excluding hydrogens is 230 g/mol. The lowest BCUT2D eigenvalue weighted by molar-refractivity contribution is 0.161. The molecule has 2 aliphatic rings. The maximum Gasteiger partial charge on any atom is 0.0795 e. The van der Waals surface area contributed by atoms with Gasteiger partial charge in [0.2, 0.25) is 0 Å². The Balaban J connectivity index is 1.51. The first-order chi connectivity index (χ1) is 8.42. The predicted octanol–water partition coefficient (Wildman–Crippen LogP) is 2.20. The van der Waals surface area contributed by atoms with Gasteiger partial charge in [-0.25, -0.2) is 4.98 Å². The number of aromatic nitrogens is 1. The Bertz CT molecular complexity index is 332. The first kappa shape index (κ1) is 11.6. The number of hydrogen-bond acceptors (Lipinski definition) is 4. The molecule has 0 amide bonds. The predicted molar refractivity (Wildman–Crippen MR) is 71.2 cm³/mol. The molecule has 1 aromatic heterocycles. The van der Waals surface area contributed by atoms with E-state index in [9.17, 15) is 0 Å². The normalized spacial score (nSPS) is 27.6. The number of nitrogens with zero attached hydrogens (tertiary/aromatic N) is 3. The summed E-state index contributed by atoms with van der Waals surface area (Å²) in [6, 6.07) is 0.814. The van der Waals surface area contributed by atoms with Crippen LogP contribution in [-0.2, 0) is 6.54 Å². The molecule has 0 spiro atoms. The van der Waals surface area contributed by atoms with Crippen molar-refractivity contribution in [2.45, 2.75) is 38.3 Å². The summed E-state index contributed by atoms with van der Waals surface area (Å²) in [5.41, 5.74) is 3.18. The van der Waals surface area contributed by atoms with E-state index in [1.165, 1.54) is 57.6 Å². The van der Waals surface area contributed by atoms with Crippen molar-refractivity contribution in [2.24, 2.45) is 0 Å². The molecule has 2 saturated heterocycles. The molecule has 1 atom stereocenters. The van der Waals surface area contributed by atoms with Crippen LogP contribution in [0.3, 0.4) is 0 Å². The van der Waals surface area contributed by atoms with E-state index < -0.39 is 0 Å². The van der Waals surface area contributed by atoms with Crippen LogP contribution < -0.4 is 0 Å². The summed E-state index contributed by atoms with van der Waals surface area (Å²) in [4.78, 5) is 9.66. The van der Waals surface area contributed by atoms with E-state index in [1.807, 2.05) is 5.51 Å². The second-order valence-electron chi connectivity index (χ2n) is 5.25. The zero-order valence-electron chi connectivity index (χ0n) is 10.3. The minimum atomic E-state index is 0.814. The smallest absolute Gasteiger partial charge is 0.0795 e. The average molecular weight is 251 g/mol. The highest BCUT2D eigenvalue weighted by molar-refractivity contribution is 7.07. The van der Waals surface area contributed by atoms with Gasteiger partial charge in [0.1, 0.15) is 0 Å². The molecule has 94 valence electrons. The fraction of sp³-hybridized carbons (Fsp3) is 0.769.